The second-order valence-electron chi connectivity index (χ2n) is 12.5. The maximum absolute atomic E-state index is 14.4. The van der Waals surface area contributed by atoms with Gasteiger partial charge in [0.15, 0.2) is 11.4 Å². The number of hydrogen-bond donors (Lipinski definition) is 3. The van der Waals surface area contributed by atoms with Crippen molar-refractivity contribution in [1.82, 2.24) is 0 Å². The van der Waals surface area contributed by atoms with Gasteiger partial charge < -0.3 is 15.3 Å². The number of allylic oxidation sites excluding steroid dienone is 1. The van der Waals surface area contributed by atoms with Crippen LogP contribution in [0.25, 0.3) is 16.9 Å². The minimum atomic E-state index is -2.54. The molecule has 0 bridgehead atoms. The molecule has 40 heavy (non-hydrogen) atoms. The highest BCUT2D eigenvalue weighted by Gasteiger charge is 2.72. The molecular weight excluding hydrogens is 504 g/mol. The van der Waals surface area contributed by atoms with Crippen LogP contribution in [-0.2, 0) is 20.8 Å². The molecule has 0 amide bonds. The van der Waals surface area contributed by atoms with Crippen molar-refractivity contribution in [2.45, 2.75) is 60.0 Å². The largest absolute Gasteiger partial charge is 0.507 e. The van der Waals surface area contributed by atoms with Gasteiger partial charge in [0.1, 0.15) is 11.5 Å². The third-order valence-electron chi connectivity index (χ3n) is 9.56. The first-order valence-electron chi connectivity index (χ1n) is 13.5. The van der Waals surface area contributed by atoms with E-state index in [0.29, 0.717) is 16.7 Å². The van der Waals surface area contributed by atoms with E-state index in [1.165, 1.54) is 13.0 Å². The lowest BCUT2D eigenvalue weighted by atomic mass is 9.42. The van der Waals surface area contributed by atoms with Crippen LogP contribution in [0.1, 0.15) is 64.7 Å². The summed E-state index contributed by atoms with van der Waals surface area (Å²) in [6.45, 7) is 10.5. The van der Waals surface area contributed by atoms with Gasteiger partial charge in [-0.2, -0.15) is 0 Å². The number of carbonyl (C=O) groups excluding carboxylic acids is 3. The highest BCUT2D eigenvalue weighted by Crippen LogP contribution is 2.65. The fourth-order valence-electron chi connectivity index (χ4n) is 8.26. The van der Waals surface area contributed by atoms with Gasteiger partial charge in [0.05, 0.1) is 11.1 Å². The van der Waals surface area contributed by atoms with Crippen molar-refractivity contribution in [2.75, 3.05) is 0 Å². The number of carbonyl (C=O) groups is 3. The molecule has 206 valence electrons. The molecule has 2 aromatic carbocycles. The number of terminal acetylenes is 1. The number of benzene rings is 2. The molecule has 0 spiro atoms. The fraction of sp³-hybridized carbons (Fsp3) is 0.382. The van der Waals surface area contributed by atoms with Crippen molar-refractivity contribution in [3.8, 4) is 29.2 Å². The zero-order chi connectivity index (χ0) is 29.5. The number of phenolic OH excluding ortho intramolecular Hbond substituents is 1. The van der Waals surface area contributed by atoms with Gasteiger partial charge in [-0.05, 0) is 73.4 Å². The van der Waals surface area contributed by atoms with E-state index in [2.05, 4.69) is 5.92 Å². The van der Waals surface area contributed by atoms with E-state index >= 15 is 0 Å². The molecule has 3 aliphatic carbocycles. The quantitative estimate of drug-likeness (QED) is 0.276. The average Bonchev–Trinajstić information content (AvgIpc) is 2.86. The lowest BCUT2D eigenvalue weighted by Gasteiger charge is -2.60. The van der Waals surface area contributed by atoms with E-state index in [0.717, 1.165) is 11.1 Å². The van der Waals surface area contributed by atoms with Gasteiger partial charge in [0.2, 0.25) is 11.6 Å². The molecule has 1 fully saturated rings. The summed E-state index contributed by atoms with van der Waals surface area (Å²) in [6, 6.07) is 10.6. The Morgan fingerprint density at radius 3 is 2.23 bits per heavy atom. The van der Waals surface area contributed by atoms with Gasteiger partial charge in [0, 0.05) is 22.0 Å². The predicted molar refractivity (Wildman–Crippen MR) is 152 cm³/mol. The molecule has 5 rings (SSSR count). The first-order chi connectivity index (χ1) is 18.6. The van der Waals surface area contributed by atoms with E-state index in [4.69, 9.17) is 6.42 Å². The van der Waals surface area contributed by atoms with E-state index < -0.39 is 45.5 Å². The Balaban J connectivity index is 1.79. The summed E-state index contributed by atoms with van der Waals surface area (Å²) in [7, 11) is 0. The van der Waals surface area contributed by atoms with Crippen molar-refractivity contribution < 1.29 is 29.7 Å². The van der Waals surface area contributed by atoms with Crippen LogP contribution < -0.4 is 0 Å². The third kappa shape index (κ3) is 3.37. The van der Waals surface area contributed by atoms with Crippen LogP contribution in [0.15, 0.2) is 53.1 Å². The van der Waals surface area contributed by atoms with Gasteiger partial charge in [-0.25, -0.2) is 0 Å². The maximum atomic E-state index is 14.4. The first-order valence-corrected chi connectivity index (χ1v) is 13.5. The zero-order valence-corrected chi connectivity index (χ0v) is 23.7. The Hall–Kier alpha value is -3.95. The van der Waals surface area contributed by atoms with Crippen LogP contribution in [0.5, 0.6) is 5.75 Å². The summed E-state index contributed by atoms with van der Waals surface area (Å²) in [5, 5.41) is 34.8. The number of phenols is 1. The standard InChI is InChI=1S/C34H34O6/c1-8-20-9-11-21(12-10-20)22-13-14-24(36)26-23(22)15-32(6)16-33(7)27(17(2)3)18(4)25(19(5)35)30(38)34(33,40)31(39)28(32)29(26)37/h1,9-14,17,27,36-37,40H,15-16H2,2-7H3/t27-,32+,33+,34-/m1/s1. The summed E-state index contributed by atoms with van der Waals surface area (Å²) in [5.41, 5.74) is -1.33. The maximum Gasteiger partial charge on any atom is 0.206 e. The Morgan fingerprint density at radius 2 is 1.68 bits per heavy atom. The number of ketones is 3. The van der Waals surface area contributed by atoms with Gasteiger partial charge in [-0.1, -0.05) is 57.4 Å². The number of rotatable bonds is 3. The molecule has 0 radical (unpaired) electrons. The normalized spacial score (nSPS) is 29.6. The predicted octanol–water partition coefficient (Wildman–Crippen LogP) is 5.34. The summed E-state index contributed by atoms with van der Waals surface area (Å²) >= 11 is 0. The van der Waals surface area contributed by atoms with Gasteiger partial charge in [-0.3, -0.25) is 14.4 Å². The number of Topliss-reactive ketones (excluding diaryl/α,β-unsaturated/α-hetero) is 3. The molecular formula is C34H34O6. The molecule has 6 nitrogen and oxygen atoms in total. The number of aromatic hydroxyl groups is 1. The van der Waals surface area contributed by atoms with Crippen LogP contribution in [0.3, 0.4) is 0 Å². The minimum absolute atomic E-state index is 0.0894. The van der Waals surface area contributed by atoms with Crippen molar-refractivity contribution in [3.05, 3.63) is 69.8 Å². The lowest BCUT2D eigenvalue weighted by molar-refractivity contribution is -0.180. The van der Waals surface area contributed by atoms with Crippen LogP contribution in [0.2, 0.25) is 0 Å². The monoisotopic (exact) mass is 538 g/mol. The van der Waals surface area contributed by atoms with Crippen molar-refractivity contribution in [2.24, 2.45) is 22.7 Å². The van der Waals surface area contributed by atoms with Crippen molar-refractivity contribution >= 4 is 23.1 Å². The molecule has 1 saturated carbocycles. The second-order valence-corrected chi connectivity index (χ2v) is 12.5. The molecule has 0 aliphatic heterocycles. The number of hydrogen-bond acceptors (Lipinski definition) is 6. The third-order valence-corrected chi connectivity index (χ3v) is 9.56. The van der Waals surface area contributed by atoms with E-state index in [9.17, 15) is 29.7 Å². The molecule has 3 N–H and O–H groups in total. The van der Waals surface area contributed by atoms with Gasteiger partial charge in [-0.15, -0.1) is 6.42 Å². The Bertz CT molecular complexity index is 1610. The highest BCUT2D eigenvalue weighted by atomic mass is 16.3. The number of aliphatic hydroxyl groups is 2. The van der Waals surface area contributed by atoms with Crippen LogP contribution >= 0.6 is 0 Å². The van der Waals surface area contributed by atoms with E-state index in [1.807, 2.05) is 45.0 Å². The molecule has 2 aromatic rings. The fourth-order valence-corrected chi connectivity index (χ4v) is 8.26. The second kappa shape index (κ2) is 8.78. The molecule has 0 aromatic heterocycles. The summed E-state index contributed by atoms with van der Waals surface area (Å²) in [4.78, 5) is 40.9. The molecule has 0 unspecified atom stereocenters. The van der Waals surface area contributed by atoms with E-state index in [1.54, 1.807) is 19.9 Å². The molecule has 6 heteroatoms. The smallest absolute Gasteiger partial charge is 0.206 e. The summed E-state index contributed by atoms with van der Waals surface area (Å²) in [5.74, 6) is -0.936. The Kier molecular flexibility index (Phi) is 6.06. The SMILES string of the molecule is C#Cc1ccc(-c2ccc(O)c3c2C[C@@]2(C)C[C@@]4(C)[C@H](C(C)C)C(C)=C(C(C)=O)C(=O)[C@@]4(O)C(=O)C2=C3O)cc1. The van der Waals surface area contributed by atoms with Gasteiger partial charge in [0.25, 0.3) is 0 Å². The first kappa shape index (κ1) is 27.6. The molecule has 3 aliphatic rings. The Labute approximate surface area is 234 Å². The summed E-state index contributed by atoms with van der Waals surface area (Å²) in [6.07, 6.45) is 6.00. The number of aliphatic hydroxyl groups excluding tert-OH is 1. The zero-order valence-electron chi connectivity index (χ0n) is 23.7. The molecule has 4 atom stereocenters. The van der Waals surface area contributed by atoms with Crippen molar-refractivity contribution in [3.63, 3.8) is 0 Å². The highest BCUT2D eigenvalue weighted by molar-refractivity contribution is 6.33. The molecule has 0 heterocycles. The van der Waals surface area contributed by atoms with Crippen LogP contribution in [0, 0.1) is 35.0 Å². The minimum Gasteiger partial charge on any atom is -0.507 e. The topological polar surface area (TPSA) is 112 Å². The van der Waals surface area contributed by atoms with Crippen LogP contribution in [0.4, 0.5) is 0 Å². The van der Waals surface area contributed by atoms with Gasteiger partial charge >= 0.3 is 0 Å². The van der Waals surface area contributed by atoms with Crippen LogP contribution in [-0.4, -0.2) is 38.3 Å². The summed E-state index contributed by atoms with van der Waals surface area (Å²) < 4.78 is 0. The lowest BCUT2D eigenvalue weighted by Crippen LogP contribution is -2.70. The van der Waals surface area contributed by atoms with E-state index in [-0.39, 0.29) is 41.2 Å². The Morgan fingerprint density at radius 1 is 1.05 bits per heavy atom. The average molecular weight is 539 g/mol. The number of fused-ring (bicyclic) bond motifs is 3. The molecule has 0 saturated heterocycles. The van der Waals surface area contributed by atoms with Crippen molar-refractivity contribution in [1.29, 1.82) is 0 Å².